The fourth-order valence-electron chi connectivity index (χ4n) is 4.45. The van der Waals surface area contributed by atoms with E-state index in [1.54, 1.807) is 0 Å². The Bertz CT molecular complexity index is 1010. The summed E-state index contributed by atoms with van der Waals surface area (Å²) in [6.07, 6.45) is 6.83. The zero-order valence-corrected chi connectivity index (χ0v) is 18.0. The summed E-state index contributed by atoms with van der Waals surface area (Å²) in [5.74, 6) is 0.136. The molecule has 3 aromatic rings. The van der Waals surface area contributed by atoms with Crippen molar-refractivity contribution in [1.29, 1.82) is 0 Å². The second-order valence-electron chi connectivity index (χ2n) is 8.42. The summed E-state index contributed by atoms with van der Waals surface area (Å²) in [6, 6.07) is 18.5. The van der Waals surface area contributed by atoms with Crippen molar-refractivity contribution in [2.75, 3.05) is 19.6 Å². The van der Waals surface area contributed by atoms with Gasteiger partial charge in [-0.15, -0.1) is 0 Å². The molecule has 0 aliphatic carbocycles. The standard InChI is InChI=1S/C26H31N3O2/c30-25(15-14-21-18-28-24-13-5-4-12-23(21)24)29-17-7-11-22(19-29)26(31)27-16-6-10-20-8-2-1-3-9-20/h1-5,8-9,12-13,18,22,28H,6-7,10-11,14-17,19H2,(H,27,31)/t22-/m0/s1. The van der Waals surface area contributed by atoms with E-state index >= 15 is 0 Å². The molecule has 1 aliphatic heterocycles. The molecule has 1 atom stereocenters. The zero-order valence-electron chi connectivity index (χ0n) is 18.0. The van der Waals surface area contributed by atoms with Crippen LogP contribution in [0.2, 0.25) is 0 Å². The number of carbonyl (C=O) groups is 2. The van der Waals surface area contributed by atoms with Crippen LogP contribution in [0, 0.1) is 5.92 Å². The van der Waals surface area contributed by atoms with Crippen molar-refractivity contribution in [3.63, 3.8) is 0 Å². The lowest BCUT2D eigenvalue weighted by molar-refractivity contribution is -0.135. The van der Waals surface area contributed by atoms with E-state index < -0.39 is 0 Å². The Morgan fingerprint density at radius 1 is 1.03 bits per heavy atom. The van der Waals surface area contributed by atoms with Gasteiger partial charge in [-0.2, -0.15) is 0 Å². The summed E-state index contributed by atoms with van der Waals surface area (Å²) >= 11 is 0. The minimum atomic E-state index is -0.0949. The van der Waals surface area contributed by atoms with Gasteiger partial charge in [0.2, 0.25) is 11.8 Å². The largest absolute Gasteiger partial charge is 0.361 e. The normalized spacial score (nSPS) is 16.4. The summed E-state index contributed by atoms with van der Waals surface area (Å²) < 4.78 is 0. The van der Waals surface area contributed by atoms with Gasteiger partial charge in [-0.3, -0.25) is 9.59 Å². The van der Waals surface area contributed by atoms with Crippen LogP contribution in [0.1, 0.15) is 36.8 Å². The van der Waals surface area contributed by atoms with Crippen LogP contribution in [0.5, 0.6) is 0 Å². The van der Waals surface area contributed by atoms with E-state index in [1.165, 1.54) is 16.5 Å². The Hall–Kier alpha value is -3.08. The number of benzene rings is 2. The summed E-state index contributed by atoms with van der Waals surface area (Å²) in [5.41, 5.74) is 3.57. The van der Waals surface area contributed by atoms with Gasteiger partial charge < -0.3 is 15.2 Å². The predicted molar refractivity (Wildman–Crippen MR) is 124 cm³/mol. The molecule has 5 heteroatoms. The first-order chi connectivity index (χ1) is 15.2. The van der Waals surface area contributed by atoms with E-state index in [0.29, 0.717) is 19.5 Å². The molecule has 1 fully saturated rings. The average Bonchev–Trinajstić information content (AvgIpc) is 3.24. The van der Waals surface area contributed by atoms with Crippen molar-refractivity contribution in [3.8, 4) is 0 Å². The number of H-pyrrole nitrogens is 1. The van der Waals surface area contributed by atoms with Gasteiger partial charge in [0.15, 0.2) is 0 Å². The molecule has 0 radical (unpaired) electrons. The minimum Gasteiger partial charge on any atom is -0.361 e. The van der Waals surface area contributed by atoms with Crippen LogP contribution < -0.4 is 5.32 Å². The molecule has 0 unspecified atom stereocenters. The highest BCUT2D eigenvalue weighted by molar-refractivity contribution is 5.84. The lowest BCUT2D eigenvalue weighted by Crippen LogP contribution is -2.45. The highest BCUT2D eigenvalue weighted by Crippen LogP contribution is 2.21. The molecule has 31 heavy (non-hydrogen) atoms. The molecule has 5 nitrogen and oxygen atoms in total. The van der Waals surface area contributed by atoms with Crippen LogP contribution in [0.15, 0.2) is 60.8 Å². The quantitative estimate of drug-likeness (QED) is 0.542. The van der Waals surface area contributed by atoms with Crippen LogP contribution in [-0.4, -0.2) is 41.3 Å². The van der Waals surface area contributed by atoms with E-state index in [4.69, 9.17) is 0 Å². The summed E-state index contributed by atoms with van der Waals surface area (Å²) in [6.45, 7) is 1.97. The molecule has 162 valence electrons. The number of nitrogens with one attached hydrogen (secondary N) is 2. The average molecular weight is 418 g/mol. The number of carbonyl (C=O) groups excluding carboxylic acids is 2. The molecule has 4 rings (SSSR count). The number of hydrogen-bond acceptors (Lipinski definition) is 2. The highest BCUT2D eigenvalue weighted by Gasteiger charge is 2.28. The maximum Gasteiger partial charge on any atom is 0.224 e. The van der Waals surface area contributed by atoms with Gasteiger partial charge in [-0.05, 0) is 49.3 Å². The summed E-state index contributed by atoms with van der Waals surface area (Å²) in [7, 11) is 0. The molecule has 0 spiro atoms. The van der Waals surface area contributed by atoms with Gasteiger partial charge in [0.25, 0.3) is 0 Å². The third-order valence-electron chi connectivity index (χ3n) is 6.21. The van der Waals surface area contributed by atoms with Crippen LogP contribution in [0.4, 0.5) is 0 Å². The number of piperidine rings is 1. The maximum absolute atomic E-state index is 12.8. The first kappa shape index (κ1) is 21.2. The topological polar surface area (TPSA) is 65.2 Å². The fourth-order valence-corrected chi connectivity index (χ4v) is 4.45. The number of rotatable bonds is 8. The minimum absolute atomic E-state index is 0.0854. The highest BCUT2D eigenvalue weighted by atomic mass is 16.2. The van der Waals surface area contributed by atoms with Crippen LogP contribution >= 0.6 is 0 Å². The number of amides is 2. The second-order valence-corrected chi connectivity index (χ2v) is 8.42. The number of likely N-dealkylation sites (tertiary alicyclic amines) is 1. The van der Waals surface area contributed by atoms with E-state index in [0.717, 1.165) is 44.2 Å². The van der Waals surface area contributed by atoms with Crippen LogP contribution in [0.25, 0.3) is 10.9 Å². The first-order valence-corrected chi connectivity index (χ1v) is 11.3. The Morgan fingerprint density at radius 3 is 2.71 bits per heavy atom. The number of aryl methyl sites for hydroxylation is 2. The van der Waals surface area contributed by atoms with Crippen molar-refractivity contribution in [3.05, 3.63) is 71.9 Å². The Labute approximate surface area is 183 Å². The van der Waals surface area contributed by atoms with Gasteiger partial charge in [0.05, 0.1) is 5.92 Å². The van der Waals surface area contributed by atoms with E-state index in [2.05, 4.69) is 28.5 Å². The number of aromatic nitrogens is 1. The zero-order chi connectivity index (χ0) is 21.5. The Morgan fingerprint density at radius 2 is 1.84 bits per heavy atom. The first-order valence-electron chi connectivity index (χ1n) is 11.3. The molecule has 2 amide bonds. The van der Waals surface area contributed by atoms with Crippen LogP contribution in [0.3, 0.4) is 0 Å². The van der Waals surface area contributed by atoms with Crippen molar-refractivity contribution >= 4 is 22.7 Å². The molecule has 1 saturated heterocycles. The van der Waals surface area contributed by atoms with Gasteiger partial charge in [-0.25, -0.2) is 0 Å². The molecular weight excluding hydrogens is 386 g/mol. The maximum atomic E-state index is 12.8. The number of aromatic amines is 1. The molecule has 1 aliphatic rings. The number of para-hydroxylation sites is 1. The third kappa shape index (κ3) is 5.54. The number of fused-ring (bicyclic) bond motifs is 1. The van der Waals surface area contributed by atoms with E-state index in [9.17, 15) is 9.59 Å². The summed E-state index contributed by atoms with van der Waals surface area (Å²) in [5, 5.41) is 4.26. The predicted octanol–water partition coefficient (Wildman–Crippen LogP) is 4.09. The second kappa shape index (κ2) is 10.3. The van der Waals surface area contributed by atoms with Crippen molar-refractivity contribution in [2.45, 2.75) is 38.5 Å². The van der Waals surface area contributed by atoms with Crippen molar-refractivity contribution in [2.24, 2.45) is 5.92 Å². The Balaban J connectivity index is 1.22. The Kier molecular flexibility index (Phi) is 7.03. The lowest BCUT2D eigenvalue weighted by atomic mass is 9.96. The van der Waals surface area contributed by atoms with Gasteiger partial charge in [-0.1, -0.05) is 48.5 Å². The van der Waals surface area contributed by atoms with Gasteiger partial charge >= 0.3 is 0 Å². The monoisotopic (exact) mass is 417 g/mol. The summed E-state index contributed by atoms with van der Waals surface area (Å²) in [4.78, 5) is 30.6. The van der Waals surface area contributed by atoms with Gasteiger partial charge in [0, 0.05) is 43.2 Å². The van der Waals surface area contributed by atoms with Crippen LogP contribution in [-0.2, 0) is 22.4 Å². The molecular formula is C26H31N3O2. The van der Waals surface area contributed by atoms with Crippen molar-refractivity contribution < 1.29 is 9.59 Å². The number of hydrogen-bond donors (Lipinski definition) is 2. The molecule has 0 saturated carbocycles. The molecule has 0 bridgehead atoms. The SMILES string of the molecule is O=C(NCCCc1ccccc1)[C@H]1CCCN(C(=O)CCc2c[nH]c3ccccc23)C1. The third-order valence-corrected chi connectivity index (χ3v) is 6.21. The van der Waals surface area contributed by atoms with E-state index in [1.807, 2.05) is 47.5 Å². The van der Waals surface area contributed by atoms with E-state index in [-0.39, 0.29) is 17.7 Å². The van der Waals surface area contributed by atoms with Crippen molar-refractivity contribution in [1.82, 2.24) is 15.2 Å². The fraction of sp³-hybridized carbons (Fsp3) is 0.385. The smallest absolute Gasteiger partial charge is 0.224 e. The molecule has 2 N–H and O–H groups in total. The molecule has 2 heterocycles. The lowest BCUT2D eigenvalue weighted by Gasteiger charge is -2.32. The molecule has 2 aromatic carbocycles. The number of nitrogens with zero attached hydrogens (tertiary/aromatic N) is 1. The molecule has 1 aromatic heterocycles. The van der Waals surface area contributed by atoms with Gasteiger partial charge in [0.1, 0.15) is 0 Å².